The van der Waals surface area contributed by atoms with Crippen molar-refractivity contribution < 1.29 is 9.84 Å². The standard InChI is InChI=1S/C17H25NO2/c1-13(2)12-18-9-7-17(8-10-18)11-15(19)14-5-3-4-6-16(14)20-17/h3-6,13,15,19H,7-12H2,1-2H3. The van der Waals surface area contributed by atoms with Crippen LogP contribution in [0.15, 0.2) is 24.3 Å². The predicted molar refractivity (Wildman–Crippen MR) is 79.9 cm³/mol. The van der Waals surface area contributed by atoms with Crippen molar-refractivity contribution in [2.45, 2.75) is 44.8 Å². The maximum absolute atomic E-state index is 10.4. The van der Waals surface area contributed by atoms with Gasteiger partial charge in [0.15, 0.2) is 0 Å². The summed E-state index contributed by atoms with van der Waals surface area (Å²) in [5, 5.41) is 10.4. The number of likely N-dealkylation sites (tertiary alicyclic amines) is 1. The molecule has 0 aromatic heterocycles. The molecule has 2 heterocycles. The Labute approximate surface area is 121 Å². The first kappa shape index (κ1) is 13.9. The molecular weight excluding hydrogens is 250 g/mol. The number of nitrogens with zero attached hydrogens (tertiary/aromatic N) is 1. The monoisotopic (exact) mass is 275 g/mol. The first-order chi connectivity index (χ1) is 9.58. The molecule has 0 bridgehead atoms. The van der Waals surface area contributed by atoms with E-state index in [1.54, 1.807) is 0 Å². The molecule has 1 spiro atoms. The molecule has 0 saturated carbocycles. The summed E-state index contributed by atoms with van der Waals surface area (Å²) in [5.74, 6) is 1.59. The maximum atomic E-state index is 10.4. The van der Waals surface area contributed by atoms with Crippen molar-refractivity contribution in [3.63, 3.8) is 0 Å². The lowest BCUT2D eigenvalue weighted by Gasteiger charge is -2.46. The number of hydrogen-bond donors (Lipinski definition) is 1. The Morgan fingerprint density at radius 2 is 2.00 bits per heavy atom. The number of para-hydroxylation sites is 1. The third-order valence-corrected chi connectivity index (χ3v) is 4.56. The highest BCUT2D eigenvalue weighted by atomic mass is 16.5. The van der Waals surface area contributed by atoms with Gasteiger partial charge in [0.2, 0.25) is 0 Å². The van der Waals surface area contributed by atoms with Crippen LogP contribution in [0.5, 0.6) is 5.75 Å². The highest BCUT2D eigenvalue weighted by Gasteiger charge is 2.42. The number of hydrogen-bond acceptors (Lipinski definition) is 3. The molecule has 3 rings (SSSR count). The van der Waals surface area contributed by atoms with Gasteiger partial charge in [-0.3, -0.25) is 0 Å². The minimum absolute atomic E-state index is 0.152. The molecule has 110 valence electrons. The summed E-state index contributed by atoms with van der Waals surface area (Å²) >= 11 is 0. The van der Waals surface area contributed by atoms with E-state index in [9.17, 15) is 5.11 Å². The molecule has 0 radical (unpaired) electrons. The lowest BCUT2D eigenvalue weighted by Crippen LogP contribution is -2.51. The quantitative estimate of drug-likeness (QED) is 0.900. The Hall–Kier alpha value is -1.06. The van der Waals surface area contributed by atoms with Crippen LogP contribution in [0.3, 0.4) is 0 Å². The first-order valence-electron chi connectivity index (χ1n) is 7.76. The van der Waals surface area contributed by atoms with Crippen LogP contribution >= 0.6 is 0 Å². The van der Waals surface area contributed by atoms with Crippen LogP contribution < -0.4 is 4.74 Å². The van der Waals surface area contributed by atoms with Gasteiger partial charge in [0.25, 0.3) is 0 Å². The summed E-state index contributed by atoms with van der Waals surface area (Å²) in [5.41, 5.74) is 0.795. The van der Waals surface area contributed by atoms with Gasteiger partial charge in [-0.2, -0.15) is 0 Å². The van der Waals surface area contributed by atoms with Crippen LogP contribution in [0, 0.1) is 5.92 Å². The van der Waals surface area contributed by atoms with Crippen molar-refractivity contribution in [2.24, 2.45) is 5.92 Å². The van der Waals surface area contributed by atoms with E-state index in [2.05, 4.69) is 18.7 Å². The van der Waals surface area contributed by atoms with Crippen LogP contribution in [0.25, 0.3) is 0 Å². The number of aliphatic hydroxyl groups excluding tert-OH is 1. The van der Waals surface area contributed by atoms with Crippen molar-refractivity contribution in [1.29, 1.82) is 0 Å². The van der Waals surface area contributed by atoms with Crippen LogP contribution in [-0.4, -0.2) is 35.2 Å². The predicted octanol–water partition coefficient (Wildman–Crippen LogP) is 2.99. The van der Waals surface area contributed by atoms with Gasteiger partial charge >= 0.3 is 0 Å². The molecule has 1 aromatic rings. The molecule has 1 N–H and O–H groups in total. The SMILES string of the molecule is CC(C)CN1CCC2(CC1)CC(O)c1ccccc1O2. The second-order valence-electron chi connectivity index (χ2n) is 6.74. The Morgan fingerprint density at radius 1 is 1.30 bits per heavy atom. The van der Waals surface area contributed by atoms with E-state index in [0.717, 1.165) is 50.2 Å². The number of ether oxygens (including phenoxy) is 1. The van der Waals surface area contributed by atoms with E-state index >= 15 is 0 Å². The van der Waals surface area contributed by atoms with E-state index in [1.807, 2.05) is 24.3 Å². The minimum Gasteiger partial charge on any atom is -0.487 e. The normalized spacial score (nSPS) is 25.5. The molecule has 1 fully saturated rings. The molecule has 1 saturated heterocycles. The zero-order valence-electron chi connectivity index (χ0n) is 12.5. The number of piperidine rings is 1. The third kappa shape index (κ3) is 2.70. The van der Waals surface area contributed by atoms with Crippen LogP contribution in [0.2, 0.25) is 0 Å². The molecule has 1 unspecified atom stereocenters. The third-order valence-electron chi connectivity index (χ3n) is 4.56. The smallest absolute Gasteiger partial charge is 0.125 e. The van der Waals surface area contributed by atoms with Crippen molar-refractivity contribution in [2.75, 3.05) is 19.6 Å². The molecule has 3 heteroatoms. The lowest BCUT2D eigenvalue weighted by atomic mass is 9.81. The molecule has 0 amide bonds. The van der Waals surface area contributed by atoms with Crippen LogP contribution in [-0.2, 0) is 0 Å². The van der Waals surface area contributed by atoms with Gasteiger partial charge in [-0.05, 0) is 24.8 Å². The Bertz CT molecular complexity index is 464. The van der Waals surface area contributed by atoms with Crippen molar-refractivity contribution >= 4 is 0 Å². The van der Waals surface area contributed by atoms with Gasteiger partial charge in [-0.1, -0.05) is 32.0 Å². The molecular formula is C17H25NO2. The topological polar surface area (TPSA) is 32.7 Å². The van der Waals surface area contributed by atoms with Gasteiger partial charge in [0.05, 0.1) is 6.10 Å². The van der Waals surface area contributed by atoms with E-state index in [4.69, 9.17) is 4.74 Å². The fourth-order valence-electron chi connectivity index (χ4n) is 3.55. The fourth-order valence-corrected chi connectivity index (χ4v) is 3.55. The number of benzene rings is 1. The summed E-state index contributed by atoms with van der Waals surface area (Å²) in [4.78, 5) is 2.52. The molecule has 1 atom stereocenters. The van der Waals surface area contributed by atoms with E-state index < -0.39 is 0 Å². The molecule has 0 aliphatic carbocycles. The fraction of sp³-hybridized carbons (Fsp3) is 0.647. The summed E-state index contributed by atoms with van der Waals surface area (Å²) in [6.07, 6.45) is 2.40. The van der Waals surface area contributed by atoms with Gasteiger partial charge in [0.1, 0.15) is 11.4 Å². The zero-order valence-corrected chi connectivity index (χ0v) is 12.5. The Morgan fingerprint density at radius 3 is 2.70 bits per heavy atom. The van der Waals surface area contributed by atoms with Gasteiger partial charge < -0.3 is 14.7 Å². The van der Waals surface area contributed by atoms with Crippen LogP contribution in [0.1, 0.15) is 44.8 Å². The van der Waals surface area contributed by atoms with Gasteiger partial charge in [-0.15, -0.1) is 0 Å². The number of rotatable bonds is 2. The summed E-state index contributed by atoms with van der Waals surface area (Å²) < 4.78 is 6.30. The summed E-state index contributed by atoms with van der Waals surface area (Å²) in [6, 6.07) is 7.91. The van der Waals surface area contributed by atoms with E-state index in [-0.39, 0.29) is 11.7 Å². The van der Waals surface area contributed by atoms with E-state index in [1.165, 1.54) is 0 Å². The molecule has 2 aliphatic heterocycles. The largest absolute Gasteiger partial charge is 0.487 e. The minimum atomic E-state index is -0.378. The van der Waals surface area contributed by atoms with Crippen LogP contribution in [0.4, 0.5) is 0 Å². The second-order valence-corrected chi connectivity index (χ2v) is 6.74. The Balaban J connectivity index is 1.71. The molecule has 20 heavy (non-hydrogen) atoms. The molecule has 3 nitrogen and oxygen atoms in total. The average molecular weight is 275 g/mol. The second kappa shape index (κ2) is 5.38. The van der Waals surface area contributed by atoms with Crippen molar-refractivity contribution in [3.8, 4) is 5.75 Å². The molecule has 2 aliphatic rings. The molecule has 1 aromatic carbocycles. The summed E-state index contributed by atoms with van der Waals surface area (Å²) in [6.45, 7) is 7.85. The zero-order chi connectivity index (χ0) is 14.2. The number of fused-ring (bicyclic) bond motifs is 1. The lowest BCUT2D eigenvalue weighted by molar-refractivity contribution is -0.0551. The van der Waals surface area contributed by atoms with Gasteiger partial charge in [-0.25, -0.2) is 0 Å². The van der Waals surface area contributed by atoms with Gasteiger partial charge in [0, 0.05) is 31.6 Å². The van der Waals surface area contributed by atoms with E-state index in [0.29, 0.717) is 5.92 Å². The average Bonchev–Trinajstić information content (AvgIpc) is 2.41. The van der Waals surface area contributed by atoms with Crippen molar-refractivity contribution in [1.82, 2.24) is 4.90 Å². The number of aliphatic hydroxyl groups is 1. The van der Waals surface area contributed by atoms with Crippen molar-refractivity contribution in [3.05, 3.63) is 29.8 Å². The highest BCUT2D eigenvalue weighted by Crippen LogP contribution is 2.44. The Kier molecular flexibility index (Phi) is 3.74. The maximum Gasteiger partial charge on any atom is 0.125 e. The first-order valence-corrected chi connectivity index (χ1v) is 7.76. The summed E-state index contributed by atoms with van der Waals surface area (Å²) in [7, 11) is 0. The highest BCUT2D eigenvalue weighted by molar-refractivity contribution is 5.38.